The fourth-order valence-electron chi connectivity index (χ4n) is 4.17. The minimum Gasteiger partial charge on any atom is -0.489 e. The Morgan fingerprint density at radius 1 is 0.912 bits per heavy atom. The summed E-state index contributed by atoms with van der Waals surface area (Å²) in [6.45, 7) is 3.84. The largest absolute Gasteiger partial charge is 0.489 e. The van der Waals surface area contributed by atoms with Crippen molar-refractivity contribution in [1.82, 2.24) is 0 Å². The van der Waals surface area contributed by atoms with Gasteiger partial charge in [-0.3, -0.25) is 4.79 Å². The van der Waals surface area contributed by atoms with Gasteiger partial charge >= 0.3 is 11.9 Å². The molecule has 0 saturated heterocycles. The second kappa shape index (κ2) is 9.51. The Labute approximate surface area is 197 Å². The maximum absolute atomic E-state index is 11.8. The Bertz CT molecular complexity index is 1290. The maximum Gasteiger partial charge on any atom is 0.336 e. The van der Waals surface area contributed by atoms with E-state index in [1.54, 1.807) is 19.1 Å². The fourth-order valence-corrected chi connectivity index (χ4v) is 4.17. The predicted molar refractivity (Wildman–Crippen MR) is 127 cm³/mol. The normalized spacial score (nSPS) is 12.9. The van der Waals surface area contributed by atoms with Gasteiger partial charge < -0.3 is 14.9 Å². The summed E-state index contributed by atoms with van der Waals surface area (Å²) in [7, 11) is 0. The molecule has 0 aliphatic heterocycles. The van der Waals surface area contributed by atoms with E-state index in [1.807, 2.05) is 37.3 Å². The third kappa shape index (κ3) is 5.01. The number of carboxylic acid groups (broad SMARTS) is 2. The van der Waals surface area contributed by atoms with Gasteiger partial charge in [0.2, 0.25) is 0 Å². The number of hydrogen-bond acceptors (Lipinski definition) is 4. The molecule has 0 atom stereocenters. The van der Waals surface area contributed by atoms with Crippen molar-refractivity contribution >= 4 is 17.7 Å². The van der Waals surface area contributed by atoms with Crippen LogP contribution in [0.5, 0.6) is 5.75 Å². The molecule has 2 N–H and O–H groups in total. The summed E-state index contributed by atoms with van der Waals surface area (Å²) in [6.07, 6.45) is 2.50. The van der Waals surface area contributed by atoms with Gasteiger partial charge in [-0.2, -0.15) is 0 Å². The van der Waals surface area contributed by atoms with E-state index < -0.39 is 11.9 Å². The molecule has 3 aromatic rings. The molecule has 0 spiro atoms. The van der Waals surface area contributed by atoms with Crippen LogP contribution in [0, 0.1) is 6.92 Å². The molecular formula is C28H26O6. The number of hydrogen-bond donors (Lipinski definition) is 2. The van der Waals surface area contributed by atoms with Gasteiger partial charge in [0.05, 0.1) is 11.1 Å². The van der Waals surface area contributed by atoms with Gasteiger partial charge in [0.25, 0.3) is 0 Å². The smallest absolute Gasteiger partial charge is 0.336 e. The molecule has 1 aliphatic carbocycles. The monoisotopic (exact) mass is 458 g/mol. The zero-order valence-corrected chi connectivity index (χ0v) is 19.1. The van der Waals surface area contributed by atoms with E-state index in [2.05, 4.69) is 0 Å². The molecule has 3 aromatic carbocycles. The highest BCUT2D eigenvalue weighted by atomic mass is 16.5. The molecule has 0 bridgehead atoms. The van der Waals surface area contributed by atoms with Crippen LogP contribution in [-0.4, -0.2) is 27.9 Å². The standard InChI is InChI=1S/C28H26O6/c1-16-4-3-5-20(12-21-8-9-22(27(30)31)14-24(21)28(32)33)25(16)15-34-26-11-10-19(17(2)29)13-23(26)18-6-7-18/h3-5,8-11,13-14,18H,6-7,12,15H2,1-2H3,(H,30,31)(H,32,33). The highest BCUT2D eigenvalue weighted by molar-refractivity contribution is 5.95. The van der Waals surface area contributed by atoms with Gasteiger partial charge in [0.15, 0.2) is 5.78 Å². The highest BCUT2D eigenvalue weighted by Crippen LogP contribution is 2.45. The van der Waals surface area contributed by atoms with Gasteiger partial charge in [0.1, 0.15) is 12.4 Å². The van der Waals surface area contributed by atoms with Crippen LogP contribution >= 0.6 is 0 Å². The molecule has 0 aromatic heterocycles. The number of aromatic carboxylic acids is 2. The number of ether oxygens (including phenoxy) is 1. The summed E-state index contributed by atoms with van der Waals surface area (Å²) in [5, 5.41) is 18.8. The van der Waals surface area contributed by atoms with Crippen molar-refractivity contribution in [1.29, 1.82) is 0 Å². The second-order valence-electron chi connectivity index (χ2n) is 8.74. The van der Waals surface area contributed by atoms with Crippen LogP contribution in [0.1, 0.15) is 84.6 Å². The lowest BCUT2D eigenvalue weighted by molar-refractivity contribution is 0.0695. The summed E-state index contributed by atoms with van der Waals surface area (Å²) >= 11 is 0. The Kier molecular flexibility index (Phi) is 6.50. The lowest BCUT2D eigenvalue weighted by atomic mass is 9.93. The van der Waals surface area contributed by atoms with Crippen LogP contribution < -0.4 is 4.74 Å². The summed E-state index contributed by atoms with van der Waals surface area (Å²) in [5.74, 6) is -1.13. The molecule has 6 nitrogen and oxygen atoms in total. The summed E-state index contributed by atoms with van der Waals surface area (Å²) < 4.78 is 6.24. The average Bonchev–Trinajstić information content (AvgIpc) is 3.64. The van der Waals surface area contributed by atoms with Gasteiger partial charge in [-0.25, -0.2) is 9.59 Å². The molecule has 6 heteroatoms. The Morgan fingerprint density at radius 3 is 2.29 bits per heavy atom. The van der Waals surface area contributed by atoms with Crippen LogP contribution in [-0.2, 0) is 13.0 Å². The molecule has 1 aliphatic rings. The Balaban J connectivity index is 1.62. The first-order valence-electron chi connectivity index (χ1n) is 11.2. The number of carbonyl (C=O) groups excluding carboxylic acids is 1. The molecular weight excluding hydrogens is 432 g/mol. The zero-order valence-electron chi connectivity index (χ0n) is 19.1. The number of Topliss-reactive ketones (excluding diaryl/α,β-unsaturated/α-hetero) is 1. The molecule has 174 valence electrons. The highest BCUT2D eigenvalue weighted by Gasteiger charge is 2.27. The van der Waals surface area contributed by atoms with Crippen molar-refractivity contribution in [2.45, 2.75) is 45.6 Å². The molecule has 1 fully saturated rings. The van der Waals surface area contributed by atoms with Crippen LogP contribution in [0.25, 0.3) is 0 Å². The van der Waals surface area contributed by atoms with Gasteiger partial charge in [-0.15, -0.1) is 0 Å². The van der Waals surface area contributed by atoms with Gasteiger partial charge in [0, 0.05) is 5.56 Å². The number of benzene rings is 3. The summed E-state index contributed by atoms with van der Waals surface area (Å²) in [4.78, 5) is 34.9. The Hall–Kier alpha value is -3.93. The number of aryl methyl sites for hydroxylation is 1. The number of rotatable bonds is 9. The Morgan fingerprint density at radius 2 is 1.65 bits per heavy atom. The van der Waals surface area contributed by atoms with E-state index in [0.29, 0.717) is 30.1 Å². The van der Waals surface area contributed by atoms with Crippen LogP contribution in [0.15, 0.2) is 54.6 Å². The van der Waals surface area contributed by atoms with E-state index in [9.17, 15) is 24.6 Å². The zero-order chi connectivity index (χ0) is 24.4. The molecule has 0 radical (unpaired) electrons. The van der Waals surface area contributed by atoms with E-state index >= 15 is 0 Å². The van der Waals surface area contributed by atoms with Crippen molar-refractivity contribution < 1.29 is 29.3 Å². The van der Waals surface area contributed by atoms with E-state index in [-0.39, 0.29) is 16.9 Å². The van der Waals surface area contributed by atoms with Crippen LogP contribution in [0.4, 0.5) is 0 Å². The van der Waals surface area contributed by atoms with Crippen LogP contribution in [0.3, 0.4) is 0 Å². The van der Waals surface area contributed by atoms with Gasteiger partial charge in [-0.1, -0.05) is 24.3 Å². The molecule has 0 unspecified atom stereocenters. The van der Waals surface area contributed by atoms with E-state index in [0.717, 1.165) is 40.8 Å². The first kappa shape index (κ1) is 23.2. The van der Waals surface area contributed by atoms with Crippen LogP contribution in [0.2, 0.25) is 0 Å². The third-order valence-corrected chi connectivity index (χ3v) is 6.28. The minimum atomic E-state index is -1.17. The van der Waals surface area contributed by atoms with Crippen molar-refractivity contribution in [2.75, 3.05) is 0 Å². The second-order valence-corrected chi connectivity index (χ2v) is 8.74. The summed E-state index contributed by atoms with van der Waals surface area (Å²) in [6, 6.07) is 15.6. The van der Waals surface area contributed by atoms with E-state index in [1.165, 1.54) is 12.1 Å². The number of carbonyl (C=O) groups is 3. The quantitative estimate of drug-likeness (QED) is 0.402. The SMILES string of the molecule is CC(=O)c1ccc(OCc2c(C)cccc2Cc2ccc(C(=O)O)cc2C(=O)O)c(C2CC2)c1. The summed E-state index contributed by atoms with van der Waals surface area (Å²) in [5.41, 5.74) is 5.08. The molecule has 4 rings (SSSR count). The van der Waals surface area contributed by atoms with Crippen molar-refractivity contribution in [3.8, 4) is 5.75 Å². The number of carboxylic acids is 2. The molecule has 0 amide bonds. The lowest BCUT2D eigenvalue weighted by Crippen LogP contribution is -2.09. The van der Waals surface area contributed by atoms with E-state index in [4.69, 9.17) is 4.74 Å². The minimum absolute atomic E-state index is 0.0240. The first-order valence-corrected chi connectivity index (χ1v) is 11.2. The van der Waals surface area contributed by atoms with Crippen molar-refractivity contribution in [2.24, 2.45) is 0 Å². The fraction of sp³-hybridized carbons (Fsp3) is 0.250. The average molecular weight is 459 g/mol. The first-order chi connectivity index (χ1) is 16.2. The molecule has 0 heterocycles. The van der Waals surface area contributed by atoms with Crippen molar-refractivity contribution in [3.63, 3.8) is 0 Å². The molecule has 1 saturated carbocycles. The van der Waals surface area contributed by atoms with Gasteiger partial charge in [-0.05, 0) is 97.2 Å². The van der Waals surface area contributed by atoms with Crippen molar-refractivity contribution in [3.05, 3.63) is 99.1 Å². The topological polar surface area (TPSA) is 101 Å². The maximum atomic E-state index is 11.8. The molecule has 34 heavy (non-hydrogen) atoms. The number of ketones is 1. The lowest BCUT2D eigenvalue weighted by Gasteiger charge is -2.17. The third-order valence-electron chi connectivity index (χ3n) is 6.28. The predicted octanol–water partition coefficient (Wildman–Crippen LogP) is 5.64.